The second-order valence-corrected chi connectivity index (χ2v) is 7.09. The predicted molar refractivity (Wildman–Crippen MR) is 101 cm³/mol. The van der Waals surface area contributed by atoms with E-state index in [1.54, 1.807) is 24.1 Å². The second kappa shape index (κ2) is 6.98. The van der Waals surface area contributed by atoms with Crippen molar-refractivity contribution in [1.29, 1.82) is 0 Å². The van der Waals surface area contributed by atoms with Crippen molar-refractivity contribution in [3.8, 4) is 11.3 Å². The molecule has 1 amide bonds. The van der Waals surface area contributed by atoms with Crippen molar-refractivity contribution in [2.24, 2.45) is 14.1 Å². The second-order valence-electron chi connectivity index (χ2n) is 7.09. The molecule has 0 aromatic carbocycles. The molecule has 1 atom stereocenters. The number of hydrogen-bond acceptors (Lipinski definition) is 5. The van der Waals surface area contributed by atoms with Crippen molar-refractivity contribution in [2.75, 3.05) is 0 Å². The first-order chi connectivity index (χ1) is 12.7. The maximum Gasteiger partial charge on any atom is 0.270 e. The number of rotatable bonds is 5. The first-order valence-corrected chi connectivity index (χ1v) is 8.95. The Morgan fingerprint density at radius 1 is 1.11 bits per heavy atom. The molecule has 3 rings (SSSR count). The fraction of sp³-hybridized carbons (Fsp3) is 0.500. The number of hydrogen-bond donors (Lipinski definition) is 1. The zero-order valence-corrected chi connectivity index (χ0v) is 16.8. The van der Waals surface area contributed by atoms with Crippen molar-refractivity contribution in [3.63, 3.8) is 0 Å². The van der Waals surface area contributed by atoms with Gasteiger partial charge in [0, 0.05) is 31.4 Å². The van der Waals surface area contributed by atoms with E-state index >= 15 is 0 Å². The number of aryl methyl sites for hydroxylation is 3. The monoisotopic (exact) mass is 370 g/mol. The van der Waals surface area contributed by atoms with Gasteiger partial charge in [0.1, 0.15) is 12.0 Å². The average Bonchev–Trinajstić information content (AvgIpc) is 3.26. The smallest absolute Gasteiger partial charge is 0.270 e. The molecular formula is C18H26N8O. The summed E-state index contributed by atoms with van der Waals surface area (Å²) in [5.74, 6) is 0.515. The normalized spacial score (nSPS) is 12.6. The van der Waals surface area contributed by atoms with E-state index in [0.717, 1.165) is 28.5 Å². The predicted octanol–water partition coefficient (Wildman–Crippen LogP) is 2.10. The summed E-state index contributed by atoms with van der Waals surface area (Å²) in [6, 6.07) is 1.74. The minimum atomic E-state index is -0.275. The Bertz CT molecular complexity index is 978. The van der Waals surface area contributed by atoms with Crippen LogP contribution in [0.3, 0.4) is 0 Å². The minimum absolute atomic E-state index is 0.207. The van der Waals surface area contributed by atoms with Gasteiger partial charge in [-0.1, -0.05) is 0 Å². The fourth-order valence-electron chi connectivity index (χ4n) is 3.24. The van der Waals surface area contributed by atoms with E-state index in [0.29, 0.717) is 5.69 Å². The summed E-state index contributed by atoms with van der Waals surface area (Å²) in [5.41, 5.74) is 4.08. The third-order valence-electron chi connectivity index (χ3n) is 4.77. The molecular weight excluding hydrogens is 344 g/mol. The number of nitrogens with one attached hydrogen (secondary N) is 1. The van der Waals surface area contributed by atoms with Gasteiger partial charge in [0.05, 0.1) is 17.4 Å². The van der Waals surface area contributed by atoms with Crippen LogP contribution in [-0.4, -0.2) is 40.2 Å². The van der Waals surface area contributed by atoms with Gasteiger partial charge in [-0.25, -0.2) is 0 Å². The van der Waals surface area contributed by atoms with E-state index in [-0.39, 0.29) is 18.0 Å². The zero-order chi connectivity index (χ0) is 19.9. The Hall–Kier alpha value is -2.97. The molecule has 0 bridgehead atoms. The largest absolute Gasteiger partial charge is 0.341 e. The van der Waals surface area contributed by atoms with Gasteiger partial charge >= 0.3 is 0 Å². The molecule has 0 spiro atoms. The van der Waals surface area contributed by atoms with E-state index in [9.17, 15) is 4.79 Å². The number of carbonyl (C=O) groups is 1. The summed E-state index contributed by atoms with van der Waals surface area (Å²) in [5, 5.41) is 20.1. The standard InChI is InChI=1S/C18H26N8O/c1-10(2)26-9-19-21-17(26)12(4)20-18(27)15-8-14(23-25(15)7)16-11(3)22-24(6)13(16)5/h8-10,12H,1-7H3,(H,20,27)/t12-/m0/s1. The van der Waals surface area contributed by atoms with Gasteiger partial charge in [-0.3, -0.25) is 14.2 Å². The highest BCUT2D eigenvalue weighted by Gasteiger charge is 2.22. The average molecular weight is 370 g/mol. The lowest BCUT2D eigenvalue weighted by atomic mass is 10.1. The summed E-state index contributed by atoms with van der Waals surface area (Å²) in [7, 11) is 3.66. The summed E-state index contributed by atoms with van der Waals surface area (Å²) < 4.78 is 5.36. The fourth-order valence-corrected chi connectivity index (χ4v) is 3.24. The van der Waals surface area contributed by atoms with Crippen molar-refractivity contribution >= 4 is 5.91 Å². The molecule has 0 saturated heterocycles. The molecule has 9 heteroatoms. The molecule has 0 aliphatic carbocycles. The van der Waals surface area contributed by atoms with Crippen LogP contribution in [0.25, 0.3) is 11.3 Å². The first-order valence-electron chi connectivity index (χ1n) is 8.95. The van der Waals surface area contributed by atoms with Crippen LogP contribution in [-0.2, 0) is 14.1 Å². The number of carbonyl (C=O) groups excluding carboxylic acids is 1. The lowest BCUT2D eigenvalue weighted by Crippen LogP contribution is -2.30. The molecule has 144 valence electrons. The molecule has 3 aromatic heterocycles. The van der Waals surface area contributed by atoms with Gasteiger partial charge in [-0.2, -0.15) is 10.2 Å². The maximum absolute atomic E-state index is 12.8. The van der Waals surface area contributed by atoms with Crippen LogP contribution in [0.2, 0.25) is 0 Å². The Labute approximate surface area is 158 Å². The molecule has 0 saturated carbocycles. The van der Waals surface area contributed by atoms with Crippen LogP contribution in [0, 0.1) is 13.8 Å². The third kappa shape index (κ3) is 3.36. The molecule has 27 heavy (non-hydrogen) atoms. The van der Waals surface area contributed by atoms with Crippen LogP contribution < -0.4 is 5.32 Å². The lowest BCUT2D eigenvalue weighted by Gasteiger charge is -2.16. The molecule has 1 N–H and O–H groups in total. The molecule has 0 aliphatic heterocycles. The minimum Gasteiger partial charge on any atom is -0.341 e. The summed E-state index contributed by atoms with van der Waals surface area (Å²) in [6.45, 7) is 9.93. The Kier molecular flexibility index (Phi) is 4.86. The zero-order valence-electron chi connectivity index (χ0n) is 16.8. The van der Waals surface area contributed by atoms with Crippen LogP contribution in [0.1, 0.15) is 60.6 Å². The number of nitrogens with zero attached hydrogens (tertiary/aromatic N) is 7. The quantitative estimate of drug-likeness (QED) is 0.742. The lowest BCUT2D eigenvalue weighted by molar-refractivity contribution is 0.0927. The highest BCUT2D eigenvalue weighted by molar-refractivity contribution is 5.94. The SMILES string of the molecule is Cc1nn(C)c(C)c1-c1cc(C(=O)N[C@@H](C)c2nncn2C(C)C)n(C)n1. The van der Waals surface area contributed by atoms with Gasteiger partial charge in [0.25, 0.3) is 5.91 Å². The summed E-state index contributed by atoms with van der Waals surface area (Å²) in [6.07, 6.45) is 1.68. The molecule has 0 aliphatic rings. The first kappa shape index (κ1) is 18.8. The van der Waals surface area contributed by atoms with Crippen LogP contribution in [0.4, 0.5) is 0 Å². The van der Waals surface area contributed by atoms with Crippen molar-refractivity contribution in [3.05, 3.63) is 35.3 Å². The van der Waals surface area contributed by atoms with Crippen molar-refractivity contribution in [1.82, 2.24) is 39.6 Å². The Morgan fingerprint density at radius 3 is 2.41 bits per heavy atom. The Morgan fingerprint density at radius 2 is 1.81 bits per heavy atom. The number of amides is 1. The van der Waals surface area contributed by atoms with E-state index in [1.807, 2.05) is 50.9 Å². The van der Waals surface area contributed by atoms with E-state index in [2.05, 4.69) is 25.7 Å². The highest BCUT2D eigenvalue weighted by atomic mass is 16.2. The Balaban J connectivity index is 1.86. The third-order valence-corrected chi connectivity index (χ3v) is 4.77. The maximum atomic E-state index is 12.8. The molecule has 3 aromatic rings. The summed E-state index contributed by atoms with van der Waals surface area (Å²) in [4.78, 5) is 12.8. The molecule has 0 radical (unpaired) electrons. The van der Waals surface area contributed by atoms with E-state index < -0.39 is 0 Å². The van der Waals surface area contributed by atoms with E-state index in [4.69, 9.17) is 0 Å². The van der Waals surface area contributed by atoms with Gasteiger partial charge in [0.2, 0.25) is 0 Å². The molecule has 0 fully saturated rings. The number of aromatic nitrogens is 7. The van der Waals surface area contributed by atoms with E-state index in [1.165, 1.54) is 0 Å². The highest BCUT2D eigenvalue weighted by Crippen LogP contribution is 2.26. The van der Waals surface area contributed by atoms with Crippen LogP contribution >= 0.6 is 0 Å². The molecule has 3 heterocycles. The van der Waals surface area contributed by atoms with Gasteiger partial charge in [-0.05, 0) is 40.7 Å². The van der Waals surface area contributed by atoms with Gasteiger partial charge in [0.15, 0.2) is 5.82 Å². The van der Waals surface area contributed by atoms with Gasteiger partial charge < -0.3 is 9.88 Å². The van der Waals surface area contributed by atoms with Gasteiger partial charge in [-0.15, -0.1) is 10.2 Å². The summed E-state index contributed by atoms with van der Waals surface area (Å²) >= 11 is 0. The van der Waals surface area contributed by atoms with Crippen molar-refractivity contribution < 1.29 is 4.79 Å². The molecule has 9 nitrogen and oxygen atoms in total. The van der Waals surface area contributed by atoms with Crippen molar-refractivity contribution in [2.45, 2.75) is 46.7 Å². The molecule has 0 unspecified atom stereocenters. The topological polar surface area (TPSA) is 95.5 Å². The van der Waals surface area contributed by atoms with Crippen LogP contribution in [0.5, 0.6) is 0 Å². The van der Waals surface area contributed by atoms with Crippen LogP contribution in [0.15, 0.2) is 12.4 Å².